The van der Waals surface area contributed by atoms with Crippen LogP contribution in [0.1, 0.15) is 43.1 Å². The Hall–Kier alpha value is -1.56. The van der Waals surface area contributed by atoms with E-state index in [4.69, 9.17) is 31.1 Å². The van der Waals surface area contributed by atoms with Crippen LogP contribution in [0.3, 0.4) is 0 Å². The fraction of sp³-hybridized carbons (Fsp3) is 0.500. The van der Waals surface area contributed by atoms with Crippen LogP contribution in [0, 0.1) is 0 Å². The Morgan fingerprint density at radius 3 is 2.36 bits per heavy atom. The average molecular weight is 546 g/mol. The lowest BCUT2D eigenvalue weighted by Gasteiger charge is -2.40. The maximum Gasteiger partial charge on any atom is 0.400 e. The van der Waals surface area contributed by atoms with Gasteiger partial charge in [0.15, 0.2) is 0 Å². The molecule has 0 bridgehead atoms. The van der Waals surface area contributed by atoms with Crippen LogP contribution < -0.4 is 10.2 Å². The Morgan fingerprint density at radius 1 is 1.08 bits per heavy atom. The molecule has 6 atom stereocenters. The van der Waals surface area contributed by atoms with Crippen LogP contribution in [0.4, 0.5) is 0 Å². The van der Waals surface area contributed by atoms with Gasteiger partial charge in [0.25, 0.3) is 0 Å². The van der Waals surface area contributed by atoms with E-state index in [1.165, 1.54) is 0 Å². The maximum absolute atomic E-state index is 11.3. The van der Waals surface area contributed by atoms with Gasteiger partial charge in [0.05, 0.1) is 18.8 Å². The highest BCUT2D eigenvalue weighted by atomic mass is 35.5. The monoisotopic (exact) mass is 545 g/mol. The lowest BCUT2D eigenvalue weighted by Crippen LogP contribution is -2.55. The van der Waals surface area contributed by atoms with Crippen LogP contribution in [0.2, 0.25) is 5.02 Å². The van der Waals surface area contributed by atoms with Crippen LogP contribution in [0.15, 0.2) is 42.5 Å². The molecule has 7 N–H and O–H groups in total. The van der Waals surface area contributed by atoms with Crippen molar-refractivity contribution in [2.24, 2.45) is 5.50 Å². The Labute approximate surface area is 214 Å². The van der Waals surface area contributed by atoms with E-state index in [1.807, 2.05) is 12.1 Å². The molecule has 2 aromatic carbocycles. The van der Waals surface area contributed by atoms with Gasteiger partial charge in [-0.15, -0.1) is 0 Å². The van der Waals surface area contributed by atoms with Gasteiger partial charge in [-0.3, -0.25) is 4.52 Å². The molecule has 3 rings (SSSR count). The van der Waals surface area contributed by atoms with Crippen molar-refractivity contribution >= 4 is 19.3 Å². The number of ether oxygens (including phenoxy) is 2. The second-order valence-corrected chi connectivity index (χ2v) is 11.2. The number of rotatable bonds is 10. The van der Waals surface area contributed by atoms with E-state index < -0.39 is 50.5 Å². The highest BCUT2D eigenvalue weighted by Gasteiger charge is 2.44. The summed E-state index contributed by atoms with van der Waals surface area (Å²) in [5, 5.41) is 40.5. The first-order chi connectivity index (χ1) is 16.8. The summed E-state index contributed by atoms with van der Waals surface area (Å²) in [5.74, 6) is 0.607. The topological polar surface area (TPSA) is 172 Å². The molecule has 36 heavy (non-hydrogen) atoms. The van der Waals surface area contributed by atoms with Crippen molar-refractivity contribution in [3.63, 3.8) is 0 Å². The second kappa shape index (κ2) is 11.9. The summed E-state index contributed by atoms with van der Waals surface area (Å²) in [5.41, 5.74) is 6.38. The van der Waals surface area contributed by atoms with E-state index in [9.17, 15) is 29.9 Å². The minimum absolute atomic E-state index is 0.249. The third-order valence-electron chi connectivity index (χ3n) is 5.96. The SMILES string of the molecule is CC(C)(CCOc1ccc(Cc2cc(C3O[C@H](CO)[C@@H](O)[C@H](O)C3O)ccc2Cl)cc1)OP(N)(=O)O. The van der Waals surface area contributed by atoms with Gasteiger partial charge in [-0.1, -0.05) is 35.9 Å². The standard InChI is InChI=1S/C24H33ClNO9P/c1-24(2,35-36(26,31)32)9-10-33-17-6-3-14(4-7-17)11-16-12-15(5-8-18(16)25)23-22(30)21(29)20(28)19(13-27)34-23/h3-8,12,19-23,27-30H,9-11,13H2,1-2H3,(H3,26,31,32)/t19-,20-,21+,22?,23?/m1/s1. The first-order valence-electron chi connectivity index (χ1n) is 11.4. The molecule has 1 aliphatic rings. The molecule has 1 fully saturated rings. The molecule has 3 unspecified atom stereocenters. The first kappa shape index (κ1) is 29.0. The molecular formula is C24H33ClNO9P. The van der Waals surface area contributed by atoms with E-state index in [0.717, 1.165) is 11.1 Å². The molecule has 0 saturated carbocycles. The zero-order valence-electron chi connectivity index (χ0n) is 20.0. The first-order valence-corrected chi connectivity index (χ1v) is 13.4. The van der Waals surface area contributed by atoms with Gasteiger partial charge in [-0.05, 0) is 55.2 Å². The molecule has 10 nitrogen and oxygen atoms in total. The van der Waals surface area contributed by atoms with Gasteiger partial charge in [0.2, 0.25) is 0 Å². The lowest BCUT2D eigenvalue weighted by molar-refractivity contribution is -0.231. The van der Waals surface area contributed by atoms with E-state index in [-0.39, 0.29) is 6.61 Å². The highest BCUT2D eigenvalue weighted by molar-refractivity contribution is 7.50. The third-order valence-corrected chi connectivity index (χ3v) is 7.08. The minimum atomic E-state index is -4.09. The van der Waals surface area contributed by atoms with Gasteiger partial charge in [0, 0.05) is 11.4 Å². The van der Waals surface area contributed by atoms with Crippen LogP contribution >= 0.6 is 19.3 Å². The molecule has 1 saturated heterocycles. The molecule has 0 aromatic heterocycles. The summed E-state index contributed by atoms with van der Waals surface area (Å²) in [4.78, 5) is 9.20. The van der Waals surface area contributed by atoms with Crippen molar-refractivity contribution in [1.82, 2.24) is 0 Å². The second-order valence-electron chi connectivity index (χ2n) is 9.43. The van der Waals surface area contributed by atoms with Crippen LogP contribution in [0.5, 0.6) is 5.75 Å². The van der Waals surface area contributed by atoms with Crippen LogP contribution in [0.25, 0.3) is 0 Å². The predicted molar refractivity (Wildman–Crippen MR) is 133 cm³/mol. The molecule has 200 valence electrons. The molecule has 1 heterocycles. The summed E-state index contributed by atoms with van der Waals surface area (Å²) in [6.07, 6.45) is -5.40. The molecule has 12 heteroatoms. The van der Waals surface area contributed by atoms with E-state index >= 15 is 0 Å². The van der Waals surface area contributed by atoms with Crippen molar-refractivity contribution < 1.29 is 43.9 Å². The molecule has 0 amide bonds. The largest absolute Gasteiger partial charge is 0.493 e. The highest BCUT2D eigenvalue weighted by Crippen LogP contribution is 2.39. The summed E-state index contributed by atoms with van der Waals surface area (Å²) < 4.78 is 27.6. The minimum Gasteiger partial charge on any atom is -0.493 e. The lowest BCUT2D eigenvalue weighted by atomic mass is 9.90. The van der Waals surface area contributed by atoms with Gasteiger partial charge in [-0.2, -0.15) is 0 Å². The predicted octanol–water partition coefficient (Wildman–Crippen LogP) is 2.07. The number of nitrogens with two attached hydrogens (primary N) is 1. The fourth-order valence-electron chi connectivity index (χ4n) is 4.02. The summed E-state index contributed by atoms with van der Waals surface area (Å²) in [6, 6.07) is 12.4. The quantitative estimate of drug-likeness (QED) is 0.243. The van der Waals surface area contributed by atoms with Crippen LogP contribution in [-0.2, 0) is 20.2 Å². The van der Waals surface area contributed by atoms with Gasteiger partial charge >= 0.3 is 7.75 Å². The number of hydrogen-bond acceptors (Lipinski definition) is 8. The molecule has 0 aliphatic carbocycles. The van der Waals surface area contributed by atoms with Crippen molar-refractivity contribution in [2.45, 2.75) is 62.8 Å². The third kappa shape index (κ3) is 7.72. The molecule has 1 aliphatic heterocycles. The van der Waals surface area contributed by atoms with Crippen molar-refractivity contribution in [3.05, 3.63) is 64.2 Å². The maximum atomic E-state index is 11.3. The summed E-state index contributed by atoms with van der Waals surface area (Å²) >= 11 is 6.40. The number of aliphatic hydroxyl groups is 4. The smallest absolute Gasteiger partial charge is 0.400 e. The van der Waals surface area contributed by atoms with Crippen LogP contribution in [-0.4, -0.2) is 68.6 Å². The Bertz CT molecular complexity index is 1060. The molecular weight excluding hydrogens is 513 g/mol. The van der Waals surface area contributed by atoms with Gasteiger partial charge < -0.3 is 34.8 Å². The normalized spacial score (nSPS) is 26.4. The summed E-state index contributed by atoms with van der Waals surface area (Å²) in [6.45, 7) is 3.05. The van der Waals surface area contributed by atoms with Crippen molar-refractivity contribution in [3.8, 4) is 5.75 Å². The fourth-order valence-corrected chi connectivity index (χ4v) is 5.01. The number of aliphatic hydroxyl groups excluding tert-OH is 4. The Balaban J connectivity index is 1.64. The van der Waals surface area contributed by atoms with E-state index in [1.54, 1.807) is 44.2 Å². The zero-order chi connectivity index (χ0) is 26.7. The average Bonchev–Trinajstić information content (AvgIpc) is 2.79. The summed E-state index contributed by atoms with van der Waals surface area (Å²) in [7, 11) is -4.09. The molecule has 2 aromatic rings. The Kier molecular flexibility index (Phi) is 9.57. The van der Waals surface area contributed by atoms with Gasteiger partial charge in [-0.25, -0.2) is 10.1 Å². The van der Waals surface area contributed by atoms with Gasteiger partial charge in [0.1, 0.15) is 36.3 Å². The zero-order valence-corrected chi connectivity index (χ0v) is 21.7. The number of hydrogen-bond donors (Lipinski definition) is 6. The number of halogens is 1. The van der Waals surface area contributed by atoms with Crippen molar-refractivity contribution in [1.29, 1.82) is 0 Å². The van der Waals surface area contributed by atoms with E-state index in [0.29, 0.717) is 29.2 Å². The molecule has 0 radical (unpaired) electrons. The van der Waals surface area contributed by atoms with E-state index in [2.05, 4.69) is 0 Å². The number of benzene rings is 2. The molecule has 0 spiro atoms. The van der Waals surface area contributed by atoms with Crippen molar-refractivity contribution in [2.75, 3.05) is 13.2 Å². The Morgan fingerprint density at radius 2 is 1.75 bits per heavy atom.